The molecule has 0 spiro atoms. The van der Waals surface area contributed by atoms with E-state index in [1.54, 1.807) is 48.5 Å². The number of carbonyl (C=O) groups excluding carboxylic acids is 1. The minimum atomic E-state index is -1.01. The van der Waals surface area contributed by atoms with Gasteiger partial charge < -0.3 is 5.11 Å². The van der Waals surface area contributed by atoms with E-state index in [2.05, 4.69) is 0 Å². The number of carboxylic acids is 1. The van der Waals surface area contributed by atoms with Crippen molar-refractivity contribution < 1.29 is 19.1 Å². The van der Waals surface area contributed by atoms with Gasteiger partial charge in [0.2, 0.25) is 11.9 Å². The Morgan fingerprint density at radius 1 is 1.06 bits per heavy atom. The van der Waals surface area contributed by atoms with Crippen molar-refractivity contribution >= 4 is 11.9 Å². The molecule has 0 bridgehead atoms. The van der Waals surface area contributed by atoms with Crippen LogP contribution in [0.3, 0.4) is 0 Å². The molecular formula is C26H29FN2O4. The standard InChI is InChI=1S/C26H29FN2O4/c1-4-7-23(30)29-24(27)22(15-10-17(2)3)28(26(29)33)16-18-11-13-19(14-12-18)20-8-5-6-9-21(20)25(31)32/h5-6,8-9,11-14,17H,4,7,10,15-16H2,1-3H3,(H,31,32). The van der Waals surface area contributed by atoms with Crippen molar-refractivity contribution in [3.8, 4) is 11.1 Å². The lowest BCUT2D eigenvalue weighted by molar-refractivity contribution is 0.0697. The highest BCUT2D eigenvalue weighted by atomic mass is 19.1. The number of aromatic nitrogens is 2. The molecule has 2 aromatic carbocycles. The molecule has 174 valence electrons. The molecule has 1 N–H and O–H groups in total. The third-order valence-corrected chi connectivity index (χ3v) is 5.62. The Morgan fingerprint density at radius 2 is 1.73 bits per heavy atom. The maximum absolute atomic E-state index is 15.2. The quantitative estimate of drug-likeness (QED) is 0.482. The van der Waals surface area contributed by atoms with E-state index in [9.17, 15) is 19.5 Å². The second-order valence-electron chi connectivity index (χ2n) is 8.57. The predicted molar refractivity (Wildman–Crippen MR) is 125 cm³/mol. The van der Waals surface area contributed by atoms with Crippen LogP contribution in [-0.4, -0.2) is 26.1 Å². The SMILES string of the molecule is CCCC(=O)n1c(F)c(CCC(C)C)n(Cc2ccc(-c3ccccc3C(=O)O)cc2)c1=O. The Labute approximate surface area is 192 Å². The summed E-state index contributed by atoms with van der Waals surface area (Å²) in [6.07, 6.45) is 1.67. The molecule has 7 heteroatoms. The second-order valence-corrected chi connectivity index (χ2v) is 8.57. The van der Waals surface area contributed by atoms with Gasteiger partial charge in [0.1, 0.15) is 0 Å². The molecule has 0 atom stereocenters. The first-order chi connectivity index (χ1) is 15.7. The number of benzene rings is 2. The van der Waals surface area contributed by atoms with E-state index < -0.39 is 23.5 Å². The highest BCUT2D eigenvalue weighted by Crippen LogP contribution is 2.24. The summed E-state index contributed by atoms with van der Waals surface area (Å²) < 4.78 is 17.2. The molecule has 0 aliphatic heterocycles. The average Bonchev–Trinajstić information content (AvgIpc) is 3.01. The van der Waals surface area contributed by atoms with Crippen LogP contribution >= 0.6 is 0 Å². The van der Waals surface area contributed by atoms with E-state index in [1.807, 2.05) is 20.8 Å². The number of nitrogens with zero attached hydrogens (tertiary/aromatic N) is 2. The van der Waals surface area contributed by atoms with E-state index in [0.29, 0.717) is 35.3 Å². The number of carbonyl (C=O) groups is 2. The lowest BCUT2D eigenvalue weighted by atomic mass is 9.98. The molecule has 0 amide bonds. The summed E-state index contributed by atoms with van der Waals surface area (Å²) in [5.74, 6) is -2.00. The van der Waals surface area contributed by atoms with Crippen LogP contribution in [0.4, 0.5) is 4.39 Å². The first kappa shape index (κ1) is 24.2. The topological polar surface area (TPSA) is 81.3 Å². The van der Waals surface area contributed by atoms with Crippen LogP contribution in [0, 0.1) is 11.9 Å². The highest BCUT2D eigenvalue weighted by molar-refractivity contribution is 5.96. The van der Waals surface area contributed by atoms with Crippen molar-refractivity contribution in [2.24, 2.45) is 5.92 Å². The zero-order valence-electron chi connectivity index (χ0n) is 19.2. The van der Waals surface area contributed by atoms with Gasteiger partial charge in [-0.2, -0.15) is 4.39 Å². The van der Waals surface area contributed by atoms with Crippen LogP contribution in [0.1, 0.15) is 66.4 Å². The van der Waals surface area contributed by atoms with Gasteiger partial charge in [-0.15, -0.1) is 0 Å². The van der Waals surface area contributed by atoms with Gasteiger partial charge in [-0.05, 0) is 47.9 Å². The summed E-state index contributed by atoms with van der Waals surface area (Å²) in [6.45, 7) is 5.97. The fourth-order valence-corrected chi connectivity index (χ4v) is 3.82. The maximum atomic E-state index is 15.2. The van der Waals surface area contributed by atoms with Crippen molar-refractivity contribution in [2.45, 2.75) is 53.0 Å². The van der Waals surface area contributed by atoms with E-state index in [4.69, 9.17) is 0 Å². The van der Waals surface area contributed by atoms with Gasteiger partial charge >= 0.3 is 11.7 Å². The molecule has 3 rings (SSSR count). The molecule has 0 unspecified atom stereocenters. The minimum Gasteiger partial charge on any atom is -0.478 e. The van der Waals surface area contributed by atoms with Crippen molar-refractivity contribution in [2.75, 3.05) is 0 Å². The summed E-state index contributed by atoms with van der Waals surface area (Å²) >= 11 is 0. The van der Waals surface area contributed by atoms with Gasteiger partial charge in [0.25, 0.3) is 0 Å². The Kier molecular flexibility index (Phi) is 7.63. The number of aromatic carboxylic acids is 1. The molecule has 0 radical (unpaired) electrons. The number of rotatable bonds is 9. The van der Waals surface area contributed by atoms with Crippen molar-refractivity contribution in [1.82, 2.24) is 9.13 Å². The molecule has 0 fully saturated rings. The highest BCUT2D eigenvalue weighted by Gasteiger charge is 2.24. The zero-order valence-corrected chi connectivity index (χ0v) is 19.2. The van der Waals surface area contributed by atoms with Gasteiger partial charge in [0, 0.05) is 6.42 Å². The number of hydrogen-bond donors (Lipinski definition) is 1. The third kappa shape index (κ3) is 5.30. The summed E-state index contributed by atoms with van der Waals surface area (Å²) in [4.78, 5) is 36.9. The summed E-state index contributed by atoms with van der Waals surface area (Å²) in [7, 11) is 0. The molecule has 0 saturated heterocycles. The molecule has 3 aromatic rings. The van der Waals surface area contributed by atoms with Gasteiger partial charge in [0.05, 0.1) is 17.8 Å². The van der Waals surface area contributed by atoms with Gasteiger partial charge in [0.15, 0.2) is 0 Å². The van der Waals surface area contributed by atoms with Crippen LogP contribution in [0.2, 0.25) is 0 Å². The smallest absolute Gasteiger partial charge is 0.337 e. The normalized spacial score (nSPS) is 11.2. The fraction of sp³-hybridized carbons (Fsp3) is 0.346. The molecule has 33 heavy (non-hydrogen) atoms. The second kappa shape index (κ2) is 10.4. The molecule has 0 aliphatic carbocycles. The van der Waals surface area contributed by atoms with Crippen molar-refractivity contribution in [3.05, 3.63) is 81.8 Å². The Hall–Kier alpha value is -3.48. The number of carboxylic acid groups (broad SMARTS) is 1. The largest absolute Gasteiger partial charge is 0.478 e. The van der Waals surface area contributed by atoms with Crippen molar-refractivity contribution in [1.29, 1.82) is 0 Å². The summed E-state index contributed by atoms with van der Waals surface area (Å²) in [5.41, 5.74) is 1.84. The minimum absolute atomic E-state index is 0.0993. The monoisotopic (exact) mass is 452 g/mol. The summed E-state index contributed by atoms with van der Waals surface area (Å²) in [5, 5.41) is 9.43. The lowest BCUT2D eigenvalue weighted by Crippen LogP contribution is -2.30. The van der Waals surface area contributed by atoms with Crippen LogP contribution in [-0.2, 0) is 13.0 Å². The van der Waals surface area contributed by atoms with Crippen LogP contribution in [0.15, 0.2) is 53.3 Å². The van der Waals surface area contributed by atoms with Crippen LogP contribution in [0.5, 0.6) is 0 Å². The molecule has 0 aliphatic rings. The molecule has 6 nitrogen and oxygen atoms in total. The lowest BCUT2D eigenvalue weighted by Gasteiger charge is -2.10. The zero-order chi connectivity index (χ0) is 24.1. The Balaban J connectivity index is 1.97. The predicted octanol–water partition coefficient (Wildman–Crippen LogP) is 5.23. The van der Waals surface area contributed by atoms with E-state index in [-0.39, 0.29) is 24.2 Å². The molecular weight excluding hydrogens is 423 g/mol. The molecule has 1 aromatic heterocycles. The van der Waals surface area contributed by atoms with Gasteiger partial charge in [-0.1, -0.05) is 63.2 Å². The number of halogens is 1. The van der Waals surface area contributed by atoms with E-state index in [1.165, 1.54) is 4.57 Å². The summed E-state index contributed by atoms with van der Waals surface area (Å²) in [6, 6.07) is 13.9. The number of imidazole rings is 1. The fourth-order valence-electron chi connectivity index (χ4n) is 3.82. The van der Waals surface area contributed by atoms with Crippen LogP contribution < -0.4 is 5.69 Å². The first-order valence-electron chi connectivity index (χ1n) is 11.2. The van der Waals surface area contributed by atoms with Gasteiger partial charge in [-0.3, -0.25) is 9.36 Å². The van der Waals surface area contributed by atoms with Gasteiger partial charge in [-0.25, -0.2) is 14.2 Å². The third-order valence-electron chi connectivity index (χ3n) is 5.62. The Bertz CT molecular complexity index is 1210. The molecule has 0 saturated carbocycles. The van der Waals surface area contributed by atoms with Crippen molar-refractivity contribution in [3.63, 3.8) is 0 Å². The number of hydrogen-bond acceptors (Lipinski definition) is 3. The van der Waals surface area contributed by atoms with Crippen LogP contribution in [0.25, 0.3) is 11.1 Å². The van der Waals surface area contributed by atoms with E-state index >= 15 is 4.39 Å². The molecule has 1 heterocycles. The first-order valence-corrected chi connectivity index (χ1v) is 11.2. The maximum Gasteiger partial charge on any atom is 0.337 e. The average molecular weight is 453 g/mol. The van der Waals surface area contributed by atoms with E-state index in [0.717, 1.165) is 11.1 Å². The Morgan fingerprint density at radius 3 is 2.33 bits per heavy atom.